The van der Waals surface area contributed by atoms with Crippen molar-refractivity contribution < 1.29 is 14.3 Å². The first-order chi connectivity index (χ1) is 20.8. The Labute approximate surface area is 261 Å². The third-order valence-corrected chi connectivity index (χ3v) is 8.48. The standard InChI is InChI=1S/C33H36ClN5O3S/c1-6-16-43-33-37-32-35-22(5)29(31(40)36-26-14-12-20(3)17-21(26)4)30(39(32)38-33)23-13-15-27(28(18-23)41-7-2)42-19-24-10-8-9-11-25(24)34/h8-15,17-18,30H,6-7,16,19H2,1-5H3,(H,36,40)(H,35,37,38). The van der Waals surface area contributed by atoms with Crippen LogP contribution in [-0.4, -0.2) is 33.0 Å². The fourth-order valence-electron chi connectivity index (χ4n) is 4.98. The second-order valence-electron chi connectivity index (χ2n) is 10.4. The third kappa shape index (κ3) is 6.84. The number of aryl methyl sites for hydroxylation is 2. The summed E-state index contributed by atoms with van der Waals surface area (Å²) in [6.45, 7) is 10.7. The zero-order chi connectivity index (χ0) is 30.5. The van der Waals surface area contributed by atoms with E-state index in [1.807, 2.05) is 82.3 Å². The highest BCUT2D eigenvalue weighted by Gasteiger charge is 2.35. The van der Waals surface area contributed by atoms with Crippen molar-refractivity contribution in [2.45, 2.75) is 58.8 Å². The number of carbonyl (C=O) groups is 1. The Bertz CT molecular complexity index is 1670. The van der Waals surface area contributed by atoms with E-state index >= 15 is 0 Å². The molecule has 1 unspecified atom stereocenters. The minimum Gasteiger partial charge on any atom is -0.490 e. The monoisotopic (exact) mass is 617 g/mol. The SMILES string of the molecule is CCCSc1nc2n(n1)C(c1ccc(OCc3ccccc3Cl)c(OCC)c1)C(C(=O)Nc1ccc(C)cc1C)=C(C)N2. The van der Waals surface area contributed by atoms with Gasteiger partial charge in [0.1, 0.15) is 12.6 Å². The molecule has 43 heavy (non-hydrogen) atoms. The Morgan fingerprint density at radius 3 is 2.60 bits per heavy atom. The normalized spacial score (nSPS) is 14.2. The van der Waals surface area contributed by atoms with Crippen molar-refractivity contribution in [2.24, 2.45) is 0 Å². The molecule has 1 aliphatic rings. The topological polar surface area (TPSA) is 90.3 Å². The minimum absolute atomic E-state index is 0.220. The number of hydrogen-bond donors (Lipinski definition) is 2. The number of benzene rings is 3. The van der Waals surface area contributed by atoms with Crippen molar-refractivity contribution in [1.29, 1.82) is 0 Å². The molecule has 0 fully saturated rings. The molecule has 1 amide bonds. The third-order valence-electron chi connectivity index (χ3n) is 7.07. The smallest absolute Gasteiger partial charge is 0.255 e. The Morgan fingerprint density at radius 2 is 1.86 bits per heavy atom. The predicted octanol–water partition coefficient (Wildman–Crippen LogP) is 7.96. The summed E-state index contributed by atoms with van der Waals surface area (Å²) in [7, 11) is 0. The number of hydrogen-bond acceptors (Lipinski definition) is 7. The van der Waals surface area contributed by atoms with Crippen molar-refractivity contribution in [3.63, 3.8) is 0 Å². The summed E-state index contributed by atoms with van der Waals surface area (Å²) in [5.41, 5.74) is 5.82. The van der Waals surface area contributed by atoms with E-state index in [-0.39, 0.29) is 5.91 Å². The van der Waals surface area contributed by atoms with Crippen molar-refractivity contribution in [1.82, 2.24) is 14.8 Å². The van der Waals surface area contributed by atoms with Crippen LogP contribution in [0.2, 0.25) is 5.02 Å². The van der Waals surface area contributed by atoms with Crippen LogP contribution in [0.25, 0.3) is 0 Å². The predicted molar refractivity (Wildman–Crippen MR) is 173 cm³/mol. The van der Waals surface area contributed by atoms with Crippen LogP contribution >= 0.6 is 23.4 Å². The summed E-state index contributed by atoms with van der Waals surface area (Å²) in [5.74, 6) is 2.41. The maximum absolute atomic E-state index is 14.0. The number of anilines is 2. The number of rotatable bonds is 11. The van der Waals surface area contributed by atoms with E-state index in [0.717, 1.165) is 40.1 Å². The second kappa shape index (κ2) is 13.6. The fraction of sp³-hybridized carbons (Fsp3) is 0.303. The first-order valence-electron chi connectivity index (χ1n) is 14.4. The van der Waals surface area contributed by atoms with E-state index < -0.39 is 6.04 Å². The van der Waals surface area contributed by atoms with Gasteiger partial charge >= 0.3 is 0 Å². The molecule has 5 rings (SSSR count). The summed E-state index contributed by atoms with van der Waals surface area (Å²) >= 11 is 7.95. The van der Waals surface area contributed by atoms with Crippen LogP contribution in [0.5, 0.6) is 11.5 Å². The molecular weight excluding hydrogens is 582 g/mol. The van der Waals surface area contributed by atoms with Crippen molar-refractivity contribution in [2.75, 3.05) is 23.0 Å². The first-order valence-corrected chi connectivity index (χ1v) is 15.7. The number of nitrogens with zero attached hydrogens (tertiary/aromatic N) is 3. The van der Waals surface area contributed by atoms with E-state index in [4.69, 9.17) is 31.2 Å². The summed E-state index contributed by atoms with van der Waals surface area (Å²) < 4.78 is 14.0. The molecule has 0 spiro atoms. The Hall–Kier alpha value is -3.95. The van der Waals surface area contributed by atoms with Gasteiger partial charge in [0, 0.05) is 27.7 Å². The lowest BCUT2D eigenvalue weighted by Gasteiger charge is -2.29. The molecule has 1 aliphatic heterocycles. The molecule has 2 N–H and O–H groups in total. The number of carbonyl (C=O) groups excluding carboxylic acids is 1. The summed E-state index contributed by atoms with van der Waals surface area (Å²) in [6, 6.07) is 18.7. The van der Waals surface area contributed by atoms with E-state index in [9.17, 15) is 4.79 Å². The van der Waals surface area contributed by atoms with E-state index in [1.165, 1.54) is 0 Å². The Balaban J connectivity index is 1.54. The van der Waals surface area contributed by atoms with Gasteiger partial charge in [0.25, 0.3) is 5.91 Å². The molecule has 1 aromatic heterocycles. The first kappa shape index (κ1) is 30.5. The lowest BCUT2D eigenvalue weighted by molar-refractivity contribution is -0.113. The summed E-state index contributed by atoms with van der Waals surface area (Å²) in [4.78, 5) is 18.7. The van der Waals surface area contributed by atoms with E-state index in [1.54, 1.807) is 16.4 Å². The highest BCUT2D eigenvalue weighted by Crippen LogP contribution is 2.40. The van der Waals surface area contributed by atoms with Crippen LogP contribution in [0.15, 0.2) is 77.1 Å². The van der Waals surface area contributed by atoms with Gasteiger partial charge in [-0.05, 0) is 69.5 Å². The summed E-state index contributed by atoms with van der Waals surface area (Å²) in [6.07, 6.45) is 1.000. The lowest BCUT2D eigenvalue weighted by Crippen LogP contribution is -2.31. The zero-order valence-corrected chi connectivity index (χ0v) is 26.6. The molecule has 1 atom stereocenters. The number of nitrogens with one attached hydrogen (secondary N) is 2. The average Bonchev–Trinajstić information content (AvgIpc) is 3.39. The van der Waals surface area contributed by atoms with Crippen molar-refractivity contribution in [3.8, 4) is 11.5 Å². The molecule has 8 nitrogen and oxygen atoms in total. The number of allylic oxidation sites excluding steroid dienone is 1. The van der Waals surface area contributed by atoms with Crippen LogP contribution < -0.4 is 20.1 Å². The molecule has 0 aliphatic carbocycles. The van der Waals surface area contributed by atoms with Crippen LogP contribution in [0, 0.1) is 13.8 Å². The van der Waals surface area contributed by atoms with Gasteiger partial charge in [-0.2, -0.15) is 4.98 Å². The zero-order valence-electron chi connectivity index (χ0n) is 25.0. The van der Waals surface area contributed by atoms with Gasteiger partial charge in [-0.1, -0.05) is 72.2 Å². The number of halogens is 1. The van der Waals surface area contributed by atoms with Gasteiger partial charge in [-0.25, -0.2) is 4.68 Å². The summed E-state index contributed by atoms with van der Waals surface area (Å²) in [5, 5.41) is 12.6. The number of thioether (sulfide) groups is 1. The highest BCUT2D eigenvalue weighted by atomic mass is 35.5. The molecule has 0 radical (unpaired) electrons. The molecule has 0 saturated carbocycles. The lowest BCUT2D eigenvalue weighted by atomic mass is 9.94. The molecule has 3 aromatic carbocycles. The maximum atomic E-state index is 14.0. The fourth-order valence-corrected chi connectivity index (χ4v) is 5.86. The molecule has 0 bridgehead atoms. The van der Waals surface area contributed by atoms with Gasteiger partial charge in [-0.3, -0.25) is 4.79 Å². The number of ether oxygens (including phenoxy) is 2. The molecule has 10 heteroatoms. The second-order valence-corrected chi connectivity index (χ2v) is 11.8. The Kier molecular flexibility index (Phi) is 9.62. The van der Waals surface area contributed by atoms with Crippen molar-refractivity contribution >= 4 is 40.9 Å². The maximum Gasteiger partial charge on any atom is 0.255 e. The van der Waals surface area contributed by atoms with Gasteiger partial charge in [0.2, 0.25) is 11.1 Å². The van der Waals surface area contributed by atoms with Gasteiger partial charge in [0.05, 0.1) is 12.2 Å². The quantitative estimate of drug-likeness (QED) is 0.165. The van der Waals surface area contributed by atoms with Gasteiger partial charge in [0.15, 0.2) is 11.5 Å². The number of amides is 1. The molecule has 4 aromatic rings. The van der Waals surface area contributed by atoms with Crippen molar-refractivity contribution in [3.05, 3.63) is 99.2 Å². The van der Waals surface area contributed by atoms with E-state index in [0.29, 0.717) is 52.1 Å². The number of aromatic nitrogens is 3. The van der Waals surface area contributed by atoms with Crippen LogP contribution in [0.3, 0.4) is 0 Å². The van der Waals surface area contributed by atoms with Crippen LogP contribution in [0.1, 0.15) is 55.5 Å². The minimum atomic E-state index is -0.553. The van der Waals surface area contributed by atoms with Crippen LogP contribution in [-0.2, 0) is 11.4 Å². The highest BCUT2D eigenvalue weighted by molar-refractivity contribution is 7.99. The van der Waals surface area contributed by atoms with Gasteiger partial charge < -0.3 is 20.1 Å². The Morgan fingerprint density at radius 1 is 1.05 bits per heavy atom. The van der Waals surface area contributed by atoms with Gasteiger partial charge in [-0.15, -0.1) is 5.10 Å². The number of fused-ring (bicyclic) bond motifs is 1. The molecular formula is C33H36ClN5O3S. The van der Waals surface area contributed by atoms with Crippen LogP contribution in [0.4, 0.5) is 11.6 Å². The van der Waals surface area contributed by atoms with E-state index in [2.05, 4.69) is 23.6 Å². The average molecular weight is 618 g/mol. The molecule has 0 saturated heterocycles. The molecule has 2 heterocycles. The molecule has 224 valence electrons. The largest absolute Gasteiger partial charge is 0.490 e.